The fourth-order valence-electron chi connectivity index (χ4n) is 1.22. The van der Waals surface area contributed by atoms with E-state index in [-0.39, 0.29) is 6.10 Å². The molecule has 0 aromatic heterocycles. The van der Waals surface area contributed by atoms with Gasteiger partial charge in [-0.2, -0.15) is 0 Å². The lowest BCUT2D eigenvalue weighted by Gasteiger charge is -2.19. The highest BCUT2D eigenvalue weighted by Crippen LogP contribution is 2.28. The van der Waals surface area contributed by atoms with Gasteiger partial charge in [-0.15, -0.1) is 0 Å². The Balaban J connectivity index is 2.25. The number of hydrogen-bond acceptors (Lipinski definition) is 2. The average Bonchev–Trinajstić information content (AvgIpc) is 2.65. The Hall–Kier alpha value is -0.340. The van der Waals surface area contributed by atoms with Crippen LogP contribution in [0, 0.1) is 0 Å². The lowest BCUT2D eigenvalue weighted by Crippen LogP contribution is -2.30. The second-order valence-corrected chi connectivity index (χ2v) is 4.00. The quantitative estimate of drug-likeness (QED) is 0.516. The van der Waals surface area contributed by atoms with Crippen molar-refractivity contribution in [2.75, 3.05) is 6.61 Å². The van der Waals surface area contributed by atoms with E-state index in [1.807, 2.05) is 6.92 Å². The largest absolute Gasteiger partial charge is 0.387 e. The molecule has 2 nitrogen and oxygen atoms in total. The third kappa shape index (κ3) is 2.95. The summed E-state index contributed by atoms with van der Waals surface area (Å²) in [7, 11) is 0. The van der Waals surface area contributed by atoms with Crippen LogP contribution in [-0.2, 0) is 4.74 Å². The highest BCUT2D eigenvalue weighted by atomic mass is 16.6. The number of rotatable bonds is 4. The molecule has 12 heavy (non-hydrogen) atoms. The van der Waals surface area contributed by atoms with E-state index in [9.17, 15) is 5.11 Å². The van der Waals surface area contributed by atoms with Crippen LogP contribution in [0.1, 0.15) is 33.6 Å². The summed E-state index contributed by atoms with van der Waals surface area (Å²) in [5, 5.41) is 9.81. The van der Waals surface area contributed by atoms with Crippen molar-refractivity contribution in [3.63, 3.8) is 0 Å². The number of aliphatic hydroxyl groups is 1. The smallest absolute Gasteiger partial charge is 0.109 e. The highest BCUT2D eigenvalue weighted by molar-refractivity contribution is 4.97. The Labute approximate surface area is 74.2 Å². The first-order chi connectivity index (χ1) is 5.52. The molecule has 1 aliphatic rings. The molecule has 0 aliphatic carbocycles. The Morgan fingerprint density at radius 2 is 2.25 bits per heavy atom. The molecular formula is C10H18O2. The summed E-state index contributed by atoms with van der Waals surface area (Å²) in [6, 6.07) is 0. The minimum atomic E-state index is -0.619. The first-order valence-electron chi connectivity index (χ1n) is 4.50. The molecule has 0 bridgehead atoms. The summed E-state index contributed by atoms with van der Waals surface area (Å²) in [4.78, 5) is 0. The van der Waals surface area contributed by atoms with E-state index >= 15 is 0 Å². The summed E-state index contributed by atoms with van der Waals surface area (Å²) in [5.41, 5.74) is 0.689. The van der Waals surface area contributed by atoms with Crippen molar-refractivity contribution in [2.45, 2.75) is 45.3 Å². The molecular weight excluding hydrogens is 152 g/mol. The predicted octanol–water partition coefficient (Wildman–Crippen LogP) is 1.88. The molecule has 0 radical (unpaired) electrons. The van der Waals surface area contributed by atoms with Gasteiger partial charge in [-0.3, -0.25) is 0 Å². The molecule has 0 unspecified atom stereocenters. The maximum absolute atomic E-state index is 9.81. The van der Waals surface area contributed by atoms with Crippen molar-refractivity contribution in [3.05, 3.63) is 11.6 Å². The zero-order valence-corrected chi connectivity index (χ0v) is 8.13. The summed E-state index contributed by atoms with van der Waals surface area (Å²) in [6.45, 7) is 6.72. The lowest BCUT2D eigenvalue weighted by atomic mass is 9.96. The molecule has 0 amide bonds. The third-order valence-corrected chi connectivity index (χ3v) is 2.23. The zero-order valence-electron chi connectivity index (χ0n) is 8.13. The van der Waals surface area contributed by atoms with Crippen LogP contribution >= 0.6 is 0 Å². The van der Waals surface area contributed by atoms with Crippen LogP contribution in [0.15, 0.2) is 11.6 Å². The van der Waals surface area contributed by atoms with E-state index in [2.05, 4.69) is 19.9 Å². The Bertz CT molecular complexity index is 174. The molecule has 1 aliphatic heterocycles. The van der Waals surface area contributed by atoms with Crippen molar-refractivity contribution in [2.24, 2.45) is 0 Å². The molecule has 2 atom stereocenters. The Morgan fingerprint density at radius 1 is 1.67 bits per heavy atom. The molecule has 0 aromatic rings. The van der Waals surface area contributed by atoms with Crippen molar-refractivity contribution in [3.8, 4) is 0 Å². The van der Waals surface area contributed by atoms with Crippen LogP contribution in [0.25, 0.3) is 0 Å². The second kappa shape index (κ2) is 3.58. The van der Waals surface area contributed by atoms with Gasteiger partial charge < -0.3 is 9.84 Å². The summed E-state index contributed by atoms with van der Waals surface area (Å²) >= 11 is 0. The van der Waals surface area contributed by atoms with Gasteiger partial charge in [0.1, 0.15) is 6.10 Å². The van der Waals surface area contributed by atoms with Gasteiger partial charge in [0.05, 0.1) is 12.2 Å². The highest BCUT2D eigenvalue weighted by Gasteiger charge is 2.40. The number of allylic oxidation sites excluding steroid dienone is 2. The van der Waals surface area contributed by atoms with Crippen molar-refractivity contribution >= 4 is 0 Å². The Morgan fingerprint density at radius 3 is 2.67 bits per heavy atom. The van der Waals surface area contributed by atoms with E-state index in [1.165, 1.54) is 5.57 Å². The Kier molecular flexibility index (Phi) is 2.91. The summed E-state index contributed by atoms with van der Waals surface area (Å²) in [6.07, 6.45) is 3.97. The molecule has 1 saturated heterocycles. The van der Waals surface area contributed by atoms with E-state index in [1.54, 1.807) is 0 Å². The fourth-order valence-corrected chi connectivity index (χ4v) is 1.22. The molecule has 1 rings (SSSR count). The first kappa shape index (κ1) is 9.75. The number of ether oxygens (including phenoxy) is 1. The fraction of sp³-hybridized carbons (Fsp3) is 0.800. The van der Waals surface area contributed by atoms with Gasteiger partial charge in [0.15, 0.2) is 0 Å². The number of epoxide rings is 1. The molecule has 0 aromatic carbocycles. The molecule has 70 valence electrons. The maximum atomic E-state index is 9.81. The standard InChI is InChI=1S/C10H18O2/c1-8(2)5-4-6-10(3,11)9-7-12-9/h5,9,11H,4,6-7H2,1-3H3/t9-,10+/m0/s1. The lowest BCUT2D eigenvalue weighted by molar-refractivity contribution is 0.0225. The monoisotopic (exact) mass is 170 g/mol. The normalized spacial score (nSPS) is 26.2. The summed E-state index contributed by atoms with van der Waals surface area (Å²) in [5.74, 6) is 0. The van der Waals surface area contributed by atoms with Crippen LogP contribution in [0.5, 0.6) is 0 Å². The predicted molar refractivity (Wildman–Crippen MR) is 49.0 cm³/mol. The zero-order chi connectivity index (χ0) is 9.19. The molecule has 1 heterocycles. The van der Waals surface area contributed by atoms with Crippen LogP contribution in [-0.4, -0.2) is 23.4 Å². The van der Waals surface area contributed by atoms with Gasteiger partial charge in [0, 0.05) is 0 Å². The minimum absolute atomic E-state index is 0.0862. The van der Waals surface area contributed by atoms with Gasteiger partial charge in [-0.1, -0.05) is 11.6 Å². The number of hydrogen-bond donors (Lipinski definition) is 1. The second-order valence-electron chi connectivity index (χ2n) is 4.00. The molecule has 0 saturated carbocycles. The van der Waals surface area contributed by atoms with E-state index < -0.39 is 5.60 Å². The average molecular weight is 170 g/mol. The van der Waals surface area contributed by atoms with Crippen LogP contribution in [0.2, 0.25) is 0 Å². The van der Waals surface area contributed by atoms with Crippen molar-refractivity contribution in [1.82, 2.24) is 0 Å². The first-order valence-corrected chi connectivity index (χ1v) is 4.50. The SMILES string of the molecule is CC(C)=CCC[C@@](C)(O)[C@@H]1CO1. The van der Waals surface area contributed by atoms with Gasteiger partial charge in [0.2, 0.25) is 0 Å². The van der Waals surface area contributed by atoms with E-state index in [0.29, 0.717) is 0 Å². The maximum Gasteiger partial charge on any atom is 0.109 e. The van der Waals surface area contributed by atoms with Gasteiger partial charge >= 0.3 is 0 Å². The minimum Gasteiger partial charge on any atom is -0.387 e. The molecule has 1 fully saturated rings. The van der Waals surface area contributed by atoms with Crippen molar-refractivity contribution in [1.29, 1.82) is 0 Å². The van der Waals surface area contributed by atoms with E-state index in [0.717, 1.165) is 19.4 Å². The van der Waals surface area contributed by atoms with Gasteiger partial charge in [-0.05, 0) is 33.6 Å². The summed E-state index contributed by atoms with van der Waals surface area (Å²) < 4.78 is 5.06. The van der Waals surface area contributed by atoms with Gasteiger partial charge in [-0.25, -0.2) is 0 Å². The molecule has 1 N–H and O–H groups in total. The molecule has 0 spiro atoms. The van der Waals surface area contributed by atoms with Crippen LogP contribution in [0.4, 0.5) is 0 Å². The molecule has 2 heteroatoms. The van der Waals surface area contributed by atoms with Crippen LogP contribution < -0.4 is 0 Å². The third-order valence-electron chi connectivity index (χ3n) is 2.23. The van der Waals surface area contributed by atoms with Crippen molar-refractivity contribution < 1.29 is 9.84 Å². The van der Waals surface area contributed by atoms with E-state index in [4.69, 9.17) is 4.74 Å². The van der Waals surface area contributed by atoms with Crippen LogP contribution in [0.3, 0.4) is 0 Å². The van der Waals surface area contributed by atoms with Gasteiger partial charge in [0.25, 0.3) is 0 Å². The topological polar surface area (TPSA) is 32.8 Å².